The standard InChI is InChI=1S/C11H14N2O2/c1-9(7-13-15-8-11(12)14)10-5-3-2-4-6-10/h2-6,13H,1,7-8H2,(H2,12,14). The van der Waals surface area contributed by atoms with E-state index in [0.29, 0.717) is 6.54 Å². The SMILES string of the molecule is C=C(CNOCC(N)=O)c1ccccc1. The van der Waals surface area contributed by atoms with Gasteiger partial charge in [-0.3, -0.25) is 9.63 Å². The van der Waals surface area contributed by atoms with E-state index in [1.54, 1.807) is 0 Å². The molecular weight excluding hydrogens is 192 g/mol. The quantitative estimate of drug-likeness (QED) is 0.532. The highest BCUT2D eigenvalue weighted by Crippen LogP contribution is 2.09. The van der Waals surface area contributed by atoms with Crippen LogP contribution in [0.3, 0.4) is 0 Å². The Morgan fingerprint density at radius 2 is 2.07 bits per heavy atom. The summed E-state index contributed by atoms with van der Waals surface area (Å²) in [6.45, 7) is 4.20. The summed E-state index contributed by atoms with van der Waals surface area (Å²) in [5.41, 5.74) is 9.43. The van der Waals surface area contributed by atoms with Gasteiger partial charge in [0.25, 0.3) is 0 Å². The first-order chi connectivity index (χ1) is 7.20. The van der Waals surface area contributed by atoms with Crippen molar-refractivity contribution in [2.24, 2.45) is 5.73 Å². The van der Waals surface area contributed by atoms with Gasteiger partial charge in [0.05, 0.1) is 0 Å². The lowest BCUT2D eigenvalue weighted by Crippen LogP contribution is -2.25. The fraction of sp³-hybridized carbons (Fsp3) is 0.182. The van der Waals surface area contributed by atoms with Gasteiger partial charge in [-0.2, -0.15) is 5.48 Å². The van der Waals surface area contributed by atoms with Crippen LogP contribution in [0.15, 0.2) is 36.9 Å². The lowest BCUT2D eigenvalue weighted by molar-refractivity contribution is -0.124. The number of carbonyl (C=O) groups excluding carboxylic acids is 1. The number of amides is 1. The number of hydroxylamine groups is 1. The zero-order valence-corrected chi connectivity index (χ0v) is 8.40. The van der Waals surface area contributed by atoms with Crippen molar-refractivity contribution in [2.45, 2.75) is 0 Å². The van der Waals surface area contributed by atoms with Gasteiger partial charge in [0.2, 0.25) is 5.91 Å². The van der Waals surface area contributed by atoms with Gasteiger partial charge in [0.1, 0.15) is 6.61 Å². The summed E-state index contributed by atoms with van der Waals surface area (Å²) >= 11 is 0. The minimum absolute atomic E-state index is 0.137. The molecule has 3 N–H and O–H groups in total. The van der Waals surface area contributed by atoms with Crippen LogP contribution in [0.4, 0.5) is 0 Å². The minimum Gasteiger partial charge on any atom is -0.368 e. The molecule has 15 heavy (non-hydrogen) atoms. The molecule has 1 rings (SSSR count). The van der Waals surface area contributed by atoms with Crippen LogP contribution in [0.2, 0.25) is 0 Å². The molecule has 0 aromatic heterocycles. The molecule has 0 fully saturated rings. The summed E-state index contributed by atoms with van der Waals surface area (Å²) in [6.07, 6.45) is 0. The average Bonchev–Trinajstić information content (AvgIpc) is 2.25. The van der Waals surface area contributed by atoms with Gasteiger partial charge < -0.3 is 5.73 Å². The first-order valence-corrected chi connectivity index (χ1v) is 4.56. The third kappa shape index (κ3) is 4.39. The Morgan fingerprint density at radius 3 is 2.67 bits per heavy atom. The van der Waals surface area contributed by atoms with Crippen molar-refractivity contribution in [3.8, 4) is 0 Å². The lowest BCUT2D eigenvalue weighted by atomic mass is 10.1. The third-order valence-corrected chi connectivity index (χ3v) is 1.78. The molecule has 1 aromatic rings. The van der Waals surface area contributed by atoms with Crippen molar-refractivity contribution in [1.82, 2.24) is 5.48 Å². The topological polar surface area (TPSA) is 64.3 Å². The number of hydrogen-bond donors (Lipinski definition) is 2. The van der Waals surface area contributed by atoms with E-state index in [0.717, 1.165) is 11.1 Å². The molecule has 0 aliphatic carbocycles. The average molecular weight is 206 g/mol. The van der Waals surface area contributed by atoms with Crippen molar-refractivity contribution in [3.63, 3.8) is 0 Å². The molecular formula is C11H14N2O2. The molecule has 0 aliphatic rings. The molecule has 4 heteroatoms. The van der Waals surface area contributed by atoms with E-state index < -0.39 is 5.91 Å². The van der Waals surface area contributed by atoms with E-state index in [-0.39, 0.29) is 6.61 Å². The molecule has 80 valence electrons. The highest BCUT2D eigenvalue weighted by molar-refractivity contribution is 5.74. The highest BCUT2D eigenvalue weighted by atomic mass is 16.6. The molecule has 0 heterocycles. The first kappa shape index (κ1) is 11.4. The number of nitrogens with two attached hydrogens (primary N) is 1. The second kappa shape index (κ2) is 5.95. The Hall–Kier alpha value is -1.65. The summed E-state index contributed by atoms with van der Waals surface area (Å²) < 4.78 is 0. The van der Waals surface area contributed by atoms with E-state index in [9.17, 15) is 4.79 Å². The third-order valence-electron chi connectivity index (χ3n) is 1.78. The monoisotopic (exact) mass is 206 g/mol. The number of benzene rings is 1. The molecule has 0 unspecified atom stereocenters. The fourth-order valence-corrected chi connectivity index (χ4v) is 1.04. The van der Waals surface area contributed by atoms with E-state index >= 15 is 0 Å². The van der Waals surface area contributed by atoms with Crippen LogP contribution in [-0.4, -0.2) is 19.1 Å². The summed E-state index contributed by atoms with van der Waals surface area (Å²) in [5.74, 6) is -0.507. The Morgan fingerprint density at radius 1 is 1.40 bits per heavy atom. The largest absolute Gasteiger partial charge is 0.368 e. The second-order valence-corrected chi connectivity index (χ2v) is 3.05. The van der Waals surface area contributed by atoms with Gasteiger partial charge in [-0.1, -0.05) is 36.9 Å². The predicted molar refractivity (Wildman–Crippen MR) is 58.6 cm³/mol. The molecule has 0 bridgehead atoms. The number of rotatable bonds is 6. The maximum Gasteiger partial charge on any atom is 0.245 e. The Kier molecular flexibility index (Phi) is 4.53. The molecule has 0 aliphatic heterocycles. The van der Waals surface area contributed by atoms with Crippen LogP contribution < -0.4 is 11.2 Å². The Bertz CT molecular complexity index is 336. The van der Waals surface area contributed by atoms with Gasteiger partial charge in [0.15, 0.2) is 0 Å². The summed E-state index contributed by atoms with van der Waals surface area (Å²) in [7, 11) is 0. The van der Waals surface area contributed by atoms with Gasteiger partial charge in [0, 0.05) is 6.54 Å². The molecule has 0 radical (unpaired) electrons. The van der Waals surface area contributed by atoms with Crippen molar-refractivity contribution in [3.05, 3.63) is 42.5 Å². The van der Waals surface area contributed by atoms with Gasteiger partial charge in [-0.15, -0.1) is 0 Å². The second-order valence-electron chi connectivity index (χ2n) is 3.05. The van der Waals surface area contributed by atoms with Crippen LogP contribution in [0.5, 0.6) is 0 Å². The minimum atomic E-state index is -0.507. The summed E-state index contributed by atoms with van der Waals surface area (Å²) in [6, 6.07) is 9.72. The van der Waals surface area contributed by atoms with E-state index in [2.05, 4.69) is 12.1 Å². The maximum absolute atomic E-state index is 10.3. The predicted octanol–water partition coefficient (Wildman–Crippen LogP) is 0.706. The highest BCUT2D eigenvalue weighted by Gasteiger charge is 1.98. The molecule has 0 spiro atoms. The van der Waals surface area contributed by atoms with Gasteiger partial charge in [-0.25, -0.2) is 0 Å². The Labute approximate surface area is 88.7 Å². The van der Waals surface area contributed by atoms with E-state index in [1.807, 2.05) is 30.3 Å². The fourth-order valence-electron chi connectivity index (χ4n) is 1.04. The van der Waals surface area contributed by atoms with Crippen LogP contribution >= 0.6 is 0 Å². The molecule has 0 atom stereocenters. The molecule has 1 amide bonds. The van der Waals surface area contributed by atoms with Crippen LogP contribution in [0.1, 0.15) is 5.56 Å². The van der Waals surface area contributed by atoms with Gasteiger partial charge >= 0.3 is 0 Å². The lowest BCUT2D eigenvalue weighted by Gasteiger charge is -2.07. The van der Waals surface area contributed by atoms with Crippen LogP contribution in [0, 0.1) is 0 Å². The Balaban J connectivity index is 2.28. The number of hydrogen-bond acceptors (Lipinski definition) is 3. The van der Waals surface area contributed by atoms with Crippen molar-refractivity contribution in [2.75, 3.05) is 13.2 Å². The summed E-state index contributed by atoms with van der Waals surface area (Å²) in [4.78, 5) is 15.2. The van der Waals surface area contributed by atoms with Crippen molar-refractivity contribution in [1.29, 1.82) is 0 Å². The van der Waals surface area contributed by atoms with E-state index in [1.165, 1.54) is 0 Å². The first-order valence-electron chi connectivity index (χ1n) is 4.56. The van der Waals surface area contributed by atoms with Gasteiger partial charge in [-0.05, 0) is 11.1 Å². The smallest absolute Gasteiger partial charge is 0.245 e. The zero-order valence-electron chi connectivity index (χ0n) is 8.40. The van der Waals surface area contributed by atoms with Crippen molar-refractivity contribution >= 4 is 11.5 Å². The molecule has 4 nitrogen and oxygen atoms in total. The van der Waals surface area contributed by atoms with E-state index in [4.69, 9.17) is 10.6 Å². The number of carbonyl (C=O) groups is 1. The molecule has 0 saturated carbocycles. The maximum atomic E-state index is 10.3. The molecule has 1 aromatic carbocycles. The zero-order chi connectivity index (χ0) is 11.1. The van der Waals surface area contributed by atoms with Crippen LogP contribution in [-0.2, 0) is 9.63 Å². The number of nitrogens with one attached hydrogen (secondary N) is 1. The van der Waals surface area contributed by atoms with Crippen molar-refractivity contribution < 1.29 is 9.63 Å². The molecule has 0 saturated heterocycles. The summed E-state index contributed by atoms with van der Waals surface area (Å²) in [5, 5.41) is 0. The van der Waals surface area contributed by atoms with Crippen LogP contribution in [0.25, 0.3) is 5.57 Å². The normalized spacial score (nSPS) is 9.87. The number of primary amides is 1.